The summed E-state index contributed by atoms with van der Waals surface area (Å²) in [7, 11) is 0. The van der Waals surface area contributed by atoms with Crippen LogP contribution in [0.3, 0.4) is 0 Å². The van der Waals surface area contributed by atoms with Crippen molar-refractivity contribution in [2.24, 2.45) is 0 Å². The monoisotopic (exact) mass is 242 g/mol. The standard InChI is InChI=1S/C10H10OS3/c1-13-10-4-9-6(3-8(10)12)2-7(5-11)14-9/h2-4,11-12H,5H2,1H3. The number of aliphatic hydroxyl groups excluding tert-OH is 1. The number of rotatable bonds is 2. The highest BCUT2D eigenvalue weighted by molar-refractivity contribution is 7.99. The molecule has 0 aliphatic carbocycles. The lowest BCUT2D eigenvalue weighted by atomic mass is 10.2. The van der Waals surface area contributed by atoms with Crippen LogP contribution in [-0.2, 0) is 6.61 Å². The summed E-state index contributed by atoms with van der Waals surface area (Å²) in [4.78, 5) is 3.20. The van der Waals surface area contributed by atoms with E-state index in [0.717, 1.165) is 9.77 Å². The smallest absolute Gasteiger partial charge is 0.0774 e. The van der Waals surface area contributed by atoms with Gasteiger partial charge in [0.2, 0.25) is 0 Å². The third kappa shape index (κ3) is 1.80. The molecule has 2 aromatic rings. The molecule has 1 N–H and O–H groups in total. The molecule has 1 aromatic carbocycles. The lowest BCUT2D eigenvalue weighted by Crippen LogP contribution is -1.73. The Hall–Kier alpha value is -0.160. The molecule has 0 saturated carbocycles. The summed E-state index contributed by atoms with van der Waals surface area (Å²) in [6.45, 7) is 0.121. The van der Waals surface area contributed by atoms with E-state index in [1.165, 1.54) is 15.0 Å². The fraction of sp³-hybridized carbons (Fsp3) is 0.200. The van der Waals surface area contributed by atoms with Gasteiger partial charge in [0.1, 0.15) is 0 Å². The molecule has 0 aliphatic rings. The molecule has 0 fully saturated rings. The van der Waals surface area contributed by atoms with E-state index < -0.39 is 0 Å². The van der Waals surface area contributed by atoms with Gasteiger partial charge in [0, 0.05) is 19.4 Å². The highest BCUT2D eigenvalue weighted by Gasteiger charge is 2.05. The van der Waals surface area contributed by atoms with Gasteiger partial charge in [0.25, 0.3) is 0 Å². The third-order valence-corrected chi connectivity index (χ3v) is 4.41. The Morgan fingerprint density at radius 2 is 2.21 bits per heavy atom. The maximum atomic E-state index is 9.02. The maximum absolute atomic E-state index is 9.02. The Morgan fingerprint density at radius 1 is 1.43 bits per heavy atom. The Balaban J connectivity index is 2.64. The first-order valence-corrected chi connectivity index (χ1v) is 6.63. The second-order valence-corrected chi connectivity index (χ2v) is 5.43. The van der Waals surface area contributed by atoms with Crippen LogP contribution in [0.2, 0.25) is 0 Å². The highest BCUT2D eigenvalue weighted by Crippen LogP contribution is 2.33. The van der Waals surface area contributed by atoms with Crippen LogP contribution in [0.15, 0.2) is 28.0 Å². The van der Waals surface area contributed by atoms with E-state index in [9.17, 15) is 0 Å². The summed E-state index contributed by atoms with van der Waals surface area (Å²) in [5.74, 6) is 0. The van der Waals surface area contributed by atoms with Crippen LogP contribution in [0, 0.1) is 0 Å². The molecule has 0 aliphatic heterocycles. The zero-order chi connectivity index (χ0) is 10.1. The first-order chi connectivity index (χ1) is 6.74. The van der Waals surface area contributed by atoms with Crippen molar-refractivity contribution in [3.8, 4) is 0 Å². The Kier molecular flexibility index (Phi) is 3.07. The van der Waals surface area contributed by atoms with Crippen molar-refractivity contribution in [3.05, 3.63) is 23.1 Å². The van der Waals surface area contributed by atoms with Gasteiger partial charge >= 0.3 is 0 Å². The number of hydrogen-bond acceptors (Lipinski definition) is 4. The Labute approximate surface area is 96.6 Å². The average Bonchev–Trinajstić information content (AvgIpc) is 2.58. The molecule has 4 heteroatoms. The van der Waals surface area contributed by atoms with Gasteiger partial charge in [-0.1, -0.05) is 0 Å². The Morgan fingerprint density at radius 3 is 2.86 bits per heavy atom. The number of thioether (sulfide) groups is 1. The minimum atomic E-state index is 0.121. The molecule has 74 valence electrons. The second kappa shape index (κ2) is 4.14. The predicted molar refractivity (Wildman–Crippen MR) is 66.8 cm³/mol. The van der Waals surface area contributed by atoms with Gasteiger partial charge in [-0.05, 0) is 29.8 Å². The van der Waals surface area contributed by atoms with Crippen LogP contribution in [0.5, 0.6) is 0 Å². The number of hydrogen-bond donors (Lipinski definition) is 2. The normalized spacial score (nSPS) is 11.1. The van der Waals surface area contributed by atoms with Crippen molar-refractivity contribution in [2.75, 3.05) is 6.26 Å². The summed E-state index contributed by atoms with van der Waals surface area (Å²) < 4.78 is 1.22. The number of aliphatic hydroxyl groups is 1. The molecule has 14 heavy (non-hydrogen) atoms. The summed E-state index contributed by atoms with van der Waals surface area (Å²) in [6, 6.07) is 6.20. The average molecular weight is 242 g/mol. The lowest BCUT2D eigenvalue weighted by Gasteiger charge is -2.00. The van der Waals surface area contributed by atoms with Crippen LogP contribution in [0.1, 0.15) is 4.88 Å². The largest absolute Gasteiger partial charge is 0.391 e. The molecular weight excluding hydrogens is 232 g/mol. The van der Waals surface area contributed by atoms with E-state index >= 15 is 0 Å². The summed E-state index contributed by atoms with van der Waals surface area (Å²) >= 11 is 7.75. The Bertz CT molecular complexity index is 462. The molecule has 1 aromatic heterocycles. The minimum absolute atomic E-state index is 0.121. The van der Waals surface area contributed by atoms with Gasteiger partial charge in [-0.3, -0.25) is 0 Å². The molecule has 0 spiro atoms. The zero-order valence-corrected chi connectivity index (χ0v) is 10.2. The van der Waals surface area contributed by atoms with E-state index in [1.54, 1.807) is 23.1 Å². The van der Waals surface area contributed by atoms with E-state index in [4.69, 9.17) is 5.11 Å². The first kappa shape index (κ1) is 10.4. The van der Waals surface area contributed by atoms with Crippen LogP contribution < -0.4 is 0 Å². The van der Waals surface area contributed by atoms with Crippen molar-refractivity contribution >= 4 is 45.8 Å². The molecule has 1 heterocycles. The molecule has 0 saturated heterocycles. The van der Waals surface area contributed by atoms with Gasteiger partial charge < -0.3 is 5.11 Å². The number of fused-ring (bicyclic) bond motifs is 1. The van der Waals surface area contributed by atoms with E-state index in [2.05, 4.69) is 24.8 Å². The van der Waals surface area contributed by atoms with Crippen molar-refractivity contribution in [2.45, 2.75) is 16.4 Å². The minimum Gasteiger partial charge on any atom is -0.391 e. The molecular formula is C10H10OS3. The number of thiophene rings is 1. The zero-order valence-electron chi connectivity index (χ0n) is 7.65. The van der Waals surface area contributed by atoms with Crippen LogP contribution in [0.4, 0.5) is 0 Å². The molecule has 2 rings (SSSR count). The number of benzene rings is 1. The quantitative estimate of drug-likeness (QED) is 0.622. The van der Waals surface area contributed by atoms with Crippen molar-refractivity contribution in [1.29, 1.82) is 0 Å². The molecule has 0 bridgehead atoms. The summed E-state index contributed by atoms with van der Waals surface area (Å²) in [5.41, 5.74) is 0. The van der Waals surface area contributed by atoms with E-state index in [1.807, 2.05) is 12.3 Å². The molecule has 0 radical (unpaired) electrons. The van der Waals surface area contributed by atoms with Gasteiger partial charge in [0.15, 0.2) is 0 Å². The van der Waals surface area contributed by atoms with Gasteiger partial charge in [-0.25, -0.2) is 0 Å². The molecule has 0 atom stereocenters. The first-order valence-electron chi connectivity index (χ1n) is 4.15. The highest BCUT2D eigenvalue weighted by atomic mass is 32.2. The summed E-state index contributed by atoms with van der Waals surface area (Å²) in [6.07, 6.45) is 2.04. The van der Waals surface area contributed by atoms with E-state index in [-0.39, 0.29) is 6.61 Å². The predicted octanol–water partition coefficient (Wildman–Crippen LogP) is 3.40. The maximum Gasteiger partial charge on any atom is 0.0774 e. The summed E-state index contributed by atoms with van der Waals surface area (Å²) in [5, 5.41) is 10.2. The van der Waals surface area contributed by atoms with Crippen molar-refractivity contribution in [1.82, 2.24) is 0 Å². The third-order valence-electron chi connectivity index (χ3n) is 2.02. The van der Waals surface area contributed by atoms with Gasteiger partial charge in [-0.15, -0.1) is 35.7 Å². The molecule has 0 unspecified atom stereocenters. The SMILES string of the molecule is CSc1cc2sc(CO)cc2cc1S. The second-order valence-electron chi connectivity index (χ2n) is 2.93. The van der Waals surface area contributed by atoms with E-state index in [0.29, 0.717) is 0 Å². The van der Waals surface area contributed by atoms with Crippen molar-refractivity contribution < 1.29 is 5.11 Å². The lowest BCUT2D eigenvalue weighted by molar-refractivity contribution is 0.285. The van der Waals surface area contributed by atoms with Crippen LogP contribution in [0.25, 0.3) is 10.1 Å². The topological polar surface area (TPSA) is 20.2 Å². The van der Waals surface area contributed by atoms with Gasteiger partial charge in [-0.2, -0.15) is 0 Å². The molecule has 1 nitrogen and oxygen atoms in total. The van der Waals surface area contributed by atoms with Gasteiger partial charge in [0.05, 0.1) is 6.61 Å². The van der Waals surface area contributed by atoms with Crippen LogP contribution in [-0.4, -0.2) is 11.4 Å². The van der Waals surface area contributed by atoms with Crippen LogP contribution >= 0.6 is 35.7 Å². The van der Waals surface area contributed by atoms with Crippen molar-refractivity contribution in [3.63, 3.8) is 0 Å². The fourth-order valence-electron chi connectivity index (χ4n) is 1.35. The molecule has 0 amide bonds. The number of thiol groups is 1. The fourth-order valence-corrected chi connectivity index (χ4v) is 3.35.